The van der Waals surface area contributed by atoms with Crippen molar-refractivity contribution in [1.29, 1.82) is 0 Å². The summed E-state index contributed by atoms with van der Waals surface area (Å²) < 4.78 is 0. The Morgan fingerprint density at radius 3 is 1.06 bits per heavy atom. The molecule has 0 amide bonds. The van der Waals surface area contributed by atoms with Gasteiger partial charge < -0.3 is 10.6 Å². The van der Waals surface area contributed by atoms with Gasteiger partial charge in [0.2, 0.25) is 0 Å². The first-order chi connectivity index (χ1) is 34.2. The molecule has 330 valence electrons. The molecule has 5 heterocycles. The maximum atomic E-state index is 5.61. The van der Waals surface area contributed by atoms with Crippen LogP contribution in [0.5, 0.6) is 0 Å². The lowest BCUT2D eigenvalue weighted by molar-refractivity contribution is 0.741. The van der Waals surface area contributed by atoms with Gasteiger partial charge in [0.1, 0.15) is 23.8 Å². The summed E-state index contributed by atoms with van der Waals surface area (Å²) in [5, 5.41) is 7.77. The van der Waals surface area contributed by atoms with Gasteiger partial charge in [-0.15, -0.1) is 11.3 Å². The van der Waals surface area contributed by atoms with Gasteiger partial charge >= 0.3 is 0 Å². The lowest BCUT2D eigenvalue weighted by atomic mass is 9.83. The van der Waals surface area contributed by atoms with Crippen LogP contribution in [0.25, 0.3) is 56.2 Å². The van der Waals surface area contributed by atoms with Crippen molar-refractivity contribution in [3.63, 3.8) is 0 Å². The van der Waals surface area contributed by atoms with Crippen LogP contribution in [0.4, 0.5) is 0 Å². The number of aliphatic imine (C=N–C) groups is 2. The summed E-state index contributed by atoms with van der Waals surface area (Å²) in [7, 11) is 0. The smallest absolute Gasteiger partial charge is 0.133 e. The molecule has 6 nitrogen and oxygen atoms in total. The Labute approximate surface area is 406 Å². The van der Waals surface area contributed by atoms with E-state index in [2.05, 4.69) is 217 Å². The zero-order chi connectivity index (χ0) is 45.7. The number of nitrogens with one attached hydrogen (secondary N) is 2. The molecule has 4 aliphatic rings. The number of aromatic nitrogens is 2. The second-order valence-corrected chi connectivity index (χ2v) is 19.2. The standard InChI is InChI=1S/C62H46N6S/c1-7-19-39(20-8-1)49-37-51(41-23-11-3-12-24-41)63-57-45(49)31-33-47-55(65-61(67-59(47)57)43-27-15-5-16-28-43)53-35-36-54(69-53)56-48-34-32-46-50(40-21-9-2-10-22-40)38-52(42-25-13-4-14-26-42)64-58(46)60(48)68-62(66-56)44-29-17-6-18-30-44/h1-30,35-38,55-56H,31-34H2,(H,65,67)(H,66,68). The molecule has 0 radical (unpaired) electrons. The summed E-state index contributed by atoms with van der Waals surface area (Å²) in [5.74, 6) is 1.70. The first-order valence-electron chi connectivity index (χ1n) is 23.9. The molecule has 69 heavy (non-hydrogen) atoms. The largest absolute Gasteiger partial charge is 0.338 e. The van der Waals surface area contributed by atoms with E-state index >= 15 is 0 Å². The van der Waals surface area contributed by atoms with Crippen molar-refractivity contribution in [2.24, 2.45) is 9.98 Å². The SMILES string of the molecule is c1ccc(C2=NC(c3ccc(C4N=C(c5ccccc5)NC5=C4CCc4c(-c6ccccc6)cc(-c6ccccc6)nc45)s3)C3=C(N2)c2nc(-c4ccccc4)cc(-c4ccccc4)c2CC3)cc1. The molecule has 2 aliphatic carbocycles. The van der Waals surface area contributed by atoms with E-state index in [4.69, 9.17) is 20.0 Å². The molecular formula is C62H46N6S. The highest BCUT2D eigenvalue weighted by molar-refractivity contribution is 7.12. The van der Waals surface area contributed by atoms with Crippen LogP contribution < -0.4 is 10.6 Å². The number of hydrogen-bond donors (Lipinski definition) is 2. The third-order valence-corrected chi connectivity index (χ3v) is 15.1. The lowest BCUT2D eigenvalue weighted by Gasteiger charge is -2.33. The average molecular weight is 907 g/mol. The van der Waals surface area contributed by atoms with Crippen LogP contribution in [0.1, 0.15) is 68.3 Å². The lowest BCUT2D eigenvalue weighted by Crippen LogP contribution is -2.33. The van der Waals surface area contributed by atoms with E-state index in [-0.39, 0.29) is 12.1 Å². The van der Waals surface area contributed by atoms with Gasteiger partial charge in [0.15, 0.2) is 0 Å². The summed E-state index contributed by atoms with van der Waals surface area (Å²) in [6.45, 7) is 0. The van der Waals surface area contributed by atoms with Crippen LogP contribution >= 0.6 is 11.3 Å². The van der Waals surface area contributed by atoms with Crippen molar-refractivity contribution in [1.82, 2.24) is 20.6 Å². The second kappa shape index (κ2) is 17.4. The molecular weight excluding hydrogens is 861 g/mol. The van der Waals surface area contributed by atoms with E-state index in [1.54, 1.807) is 0 Å². The maximum Gasteiger partial charge on any atom is 0.133 e. The van der Waals surface area contributed by atoms with Crippen LogP contribution in [0.3, 0.4) is 0 Å². The Bertz CT molecular complexity index is 3290. The molecule has 0 saturated carbocycles. The van der Waals surface area contributed by atoms with Crippen LogP contribution in [-0.4, -0.2) is 21.6 Å². The van der Waals surface area contributed by atoms with E-state index in [9.17, 15) is 0 Å². The predicted molar refractivity (Wildman–Crippen MR) is 283 cm³/mol. The third kappa shape index (κ3) is 7.52. The Morgan fingerprint density at radius 2 is 0.696 bits per heavy atom. The number of nitrogens with zero attached hydrogens (tertiary/aromatic N) is 4. The van der Waals surface area contributed by atoms with Gasteiger partial charge in [0.25, 0.3) is 0 Å². The Morgan fingerprint density at radius 1 is 0.362 bits per heavy atom. The second-order valence-electron chi connectivity index (χ2n) is 18.0. The van der Waals surface area contributed by atoms with E-state index in [0.29, 0.717) is 0 Å². The minimum atomic E-state index is -0.200. The van der Waals surface area contributed by atoms with Crippen LogP contribution in [0, 0.1) is 0 Å². The fraction of sp³-hybridized carbons (Fsp3) is 0.0968. The van der Waals surface area contributed by atoms with Crippen molar-refractivity contribution in [2.75, 3.05) is 0 Å². The van der Waals surface area contributed by atoms with E-state index in [1.807, 2.05) is 11.3 Å². The number of rotatable bonds is 8. The molecule has 3 aromatic heterocycles. The number of benzene rings is 6. The minimum absolute atomic E-state index is 0.200. The van der Waals surface area contributed by atoms with Crippen LogP contribution in [0.15, 0.2) is 227 Å². The van der Waals surface area contributed by atoms with Gasteiger partial charge in [0.05, 0.1) is 34.2 Å². The summed E-state index contributed by atoms with van der Waals surface area (Å²) in [6, 6.07) is 72.5. The van der Waals surface area contributed by atoms with E-state index < -0.39 is 0 Å². The zero-order valence-corrected chi connectivity index (χ0v) is 38.6. The monoisotopic (exact) mass is 906 g/mol. The van der Waals surface area contributed by atoms with Gasteiger partial charge in [-0.1, -0.05) is 182 Å². The summed E-state index contributed by atoms with van der Waals surface area (Å²) in [5.41, 5.74) is 20.2. The van der Waals surface area contributed by atoms with Crippen LogP contribution in [-0.2, 0) is 12.8 Å². The molecule has 0 saturated heterocycles. The Hall–Kier alpha value is -8.26. The highest BCUT2D eigenvalue weighted by atomic mass is 32.1. The molecule has 7 heteroatoms. The normalized spacial score (nSPS) is 17.0. The molecule has 6 aromatic carbocycles. The van der Waals surface area contributed by atoms with Crippen molar-refractivity contribution in [2.45, 2.75) is 37.8 Å². The van der Waals surface area contributed by atoms with Crippen molar-refractivity contribution >= 4 is 34.4 Å². The first kappa shape index (κ1) is 41.0. The highest BCUT2D eigenvalue weighted by Crippen LogP contribution is 2.49. The number of fused-ring (bicyclic) bond motifs is 4. The van der Waals surface area contributed by atoms with E-state index in [1.165, 1.54) is 54.3 Å². The van der Waals surface area contributed by atoms with Crippen molar-refractivity contribution in [3.8, 4) is 44.8 Å². The number of amidine groups is 2. The molecule has 9 aromatic rings. The quantitative estimate of drug-likeness (QED) is 0.159. The number of thiophene rings is 1. The fourth-order valence-electron chi connectivity index (χ4n) is 10.6. The fourth-order valence-corrected chi connectivity index (χ4v) is 11.7. The molecule has 2 atom stereocenters. The summed E-state index contributed by atoms with van der Waals surface area (Å²) >= 11 is 1.84. The average Bonchev–Trinajstić information content (AvgIpc) is 3.93. The molecule has 13 rings (SSSR count). The van der Waals surface area contributed by atoms with Gasteiger partial charge in [-0.05, 0) is 94.5 Å². The van der Waals surface area contributed by atoms with Crippen molar-refractivity contribution < 1.29 is 0 Å². The maximum absolute atomic E-state index is 5.61. The molecule has 2 unspecified atom stereocenters. The first-order valence-corrected chi connectivity index (χ1v) is 24.7. The third-order valence-electron chi connectivity index (χ3n) is 13.9. The zero-order valence-electron chi connectivity index (χ0n) is 37.8. The topological polar surface area (TPSA) is 74.6 Å². The van der Waals surface area contributed by atoms with Gasteiger partial charge in [-0.3, -0.25) is 9.98 Å². The van der Waals surface area contributed by atoms with E-state index in [0.717, 1.165) is 93.8 Å². The van der Waals surface area contributed by atoms with Gasteiger partial charge in [-0.2, -0.15) is 0 Å². The predicted octanol–water partition coefficient (Wildman–Crippen LogP) is 14.1. The number of pyridine rings is 2. The highest BCUT2D eigenvalue weighted by Gasteiger charge is 2.37. The van der Waals surface area contributed by atoms with Crippen LogP contribution in [0.2, 0.25) is 0 Å². The minimum Gasteiger partial charge on any atom is -0.338 e. The molecule has 2 aliphatic heterocycles. The summed E-state index contributed by atoms with van der Waals surface area (Å²) in [6.07, 6.45) is 3.45. The Kier molecular flexibility index (Phi) is 10.4. The summed E-state index contributed by atoms with van der Waals surface area (Å²) in [4.78, 5) is 24.7. The number of hydrogen-bond acceptors (Lipinski definition) is 7. The molecule has 2 N–H and O–H groups in total. The van der Waals surface area contributed by atoms with Gasteiger partial charge in [-0.25, -0.2) is 9.97 Å². The van der Waals surface area contributed by atoms with Gasteiger partial charge in [0, 0.05) is 32.0 Å². The molecule has 0 fully saturated rings. The van der Waals surface area contributed by atoms with Crippen molar-refractivity contribution in [3.05, 3.63) is 261 Å². The molecule has 0 bridgehead atoms. The molecule has 0 spiro atoms. The Balaban J connectivity index is 0.966.